The number of carboxylic acids is 1. The monoisotopic (exact) mass is 320 g/mol. The maximum absolute atomic E-state index is 11.2. The molecular formula is C18H24O5. The highest BCUT2D eigenvalue weighted by molar-refractivity contribution is 5.68. The van der Waals surface area contributed by atoms with Crippen LogP contribution in [0.15, 0.2) is 18.2 Å². The number of hydrogen-bond acceptors (Lipinski definition) is 4. The molecule has 1 heterocycles. The van der Waals surface area contributed by atoms with E-state index in [1.54, 1.807) is 7.11 Å². The summed E-state index contributed by atoms with van der Waals surface area (Å²) >= 11 is 0. The van der Waals surface area contributed by atoms with E-state index in [1.165, 1.54) is 0 Å². The second-order valence-electron chi connectivity index (χ2n) is 6.41. The van der Waals surface area contributed by atoms with E-state index in [2.05, 4.69) is 0 Å². The average molecular weight is 320 g/mol. The molecule has 1 N–H and O–H groups in total. The van der Waals surface area contributed by atoms with Crippen LogP contribution in [0, 0.1) is 5.92 Å². The van der Waals surface area contributed by atoms with Gasteiger partial charge in [-0.25, -0.2) is 0 Å². The maximum Gasteiger partial charge on any atom is 0.303 e. The number of hydrogen-bond donors (Lipinski definition) is 1. The summed E-state index contributed by atoms with van der Waals surface area (Å²) in [6.07, 6.45) is 4.38. The van der Waals surface area contributed by atoms with Crippen LogP contribution in [0.25, 0.3) is 0 Å². The van der Waals surface area contributed by atoms with Gasteiger partial charge in [0, 0.05) is 6.61 Å². The van der Waals surface area contributed by atoms with Crippen molar-refractivity contribution in [1.29, 1.82) is 0 Å². The predicted octanol–water partition coefficient (Wildman–Crippen LogP) is 3.22. The summed E-state index contributed by atoms with van der Waals surface area (Å²) in [7, 11) is 1.62. The molecule has 1 aromatic rings. The first-order valence-corrected chi connectivity index (χ1v) is 8.31. The van der Waals surface area contributed by atoms with Crippen LogP contribution in [0.5, 0.6) is 11.5 Å². The summed E-state index contributed by atoms with van der Waals surface area (Å²) in [4.78, 5) is 11.2. The Hall–Kier alpha value is -1.75. The number of benzene rings is 1. The summed E-state index contributed by atoms with van der Waals surface area (Å²) in [6, 6.07) is 5.81. The van der Waals surface area contributed by atoms with E-state index in [-0.39, 0.29) is 18.4 Å². The van der Waals surface area contributed by atoms with Crippen molar-refractivity contribution in [3.05, 3.63) is 23.8 Å². The number of methoxy groups -OCH3 is 1. The van der Waals surface area contributed by atoms with Gasteiger partial charge >= 0.3 is 5.97 Å². The normalized spacial score (nSPS) is 22.4. The Labute approximate surface area is 136 Å². The van der Waals surface area contributed by atoms with E-state index < -0.39 is 5.97 Å². The Kier molecular flexibility index (Phi) is 5.06. The second-order valence-corrected chi connectivity index (χ2v) is 6.41. The zero-order chi connectivity index (χ0) is 16.2. The van der Waals surface area contributed by atoms with Gasteiger partial charge in [0.15, 0.2) is 11.5 Å². The molecule has 0 spiro atoms. The molecule has 1 saturated carbocycles. The molecule has 1 saturated heterocycles. The van der Waals surface area contributed by atoms with Gasteiger partial charge in [0.25, 0.3) is 0 Å². The molecule has 5 heteroatoms. The number of ether oxygens (including phenoxy) is 3. The van der Waals surface area contributed by atoms with Crippen LogP contribution in [0.3, 0.4) is 0 Å². The van der Waals surface area contributed by atoms with Crippen molar-refractivity contribution in [1.82, 2.24) is 0 Å². The van der Waals surface area contributed by atoms with E-state index >= 15 is 0 Å². The van der Waals surface area contributed by atoms with E-state index in [4.69, 9.17) is 14.2 Å². The molecule has 0 aromatic heterocycles. The van der Waals surface area contributed by atoms with Crippen LogP contribution in [0.2, 0.25) is 0 Å². The molecule has 3 rings (SSSR count). The minimum absolute atomic E-state index is 0.0340. The zero-order valence-corrected chi connectivity index (χ0v) is 13.5. The van der Waals surface area contributed by atoms with Crippen LogP contribution in [-0.2, 0) is 9.53 Å². The van der Waals surface area contributed by atoms with Crippen molar-refractivity contribution in [2.75, 3.05) is 20.3 Å². The molecule has 1 aliphatic heterocycles. The lowest BCUT2D eigenvalue weighted by Gasteiger charge is -2.25. The number of aliphatic carboxylic acids is 1. The summed E-state index contributed by atoms with van der Waals surface area (Å²) in [5.41, 5.74) is 1.03. The molecule has 0 amide bonds. The van der Waals surface area contributed by atoms with Crippen LogP contribution in [0.4, 0.5) is 0 Å². The van der Waals surface area contributed by atoms with E-state index in [0.717, 1.165) is 37.9 Å². The highest BCUT2D eigenvalue weighted by Gasteiger charge is 2.34. The average Bonchev–Trinajstić information content (AvgIpc) is 3.38. The smallest absolute Gasteiger partial charge is 0.303 e. The van der Waals surface area contributed by atoms with Crippen molar-refractivity contribution >= 4 is 5.97 Å². The summed E-state index contributed by atoms with van der Waals surface area (Å²) < 4.78 is 16.9. The van der Waals surface area contributed by atoms with Gasteiger partial charge in [-0.3, -0.25) is 4.79 Å². The lowest BCUT2D eigenvalue weighted by atomic mass is 9.91. The van der Waals surface area contributed by atoms with Crippen LogP contribution in [-0.4, -0.2) is 37.5 Å². The molecular weight excluding hydrogens is 296 g/mol. The molecule has 23 heavy (non-hydrogen) atoms. The molecule has 0 bridgehead atoms. The standard InChI is InChI=1S/C18H24O5/c1-21-16-7-6-13(15(10-18(19)20)12-4-5-12)9-17(16)23-14-3-2-8-22-11-14/h6-7,9,12,14-15H,2-5,8,10-11H2,1H3,(H,19,20). The predicted molar refractivity (Wildman–Crippen MR) is 85.2 cm³/mol. The first kappa shape index (κ1) is 16.1. The largest absolute Gasteiger partial charge is 0.493 e. The fourth-order valence-electron chi connectivity index (χ4n) is 3.24. The van der Waals surface area contributed by atoms with E-state index in [9.17, 15) is 9.90 Å². The third kappa shape index (κ3) is 4.16. The molecule has 2 atom stereocenters. The third-order valence-corrected chi connectivity index (χ3v) is 4.61. The summed E-state index contributed by atoms with van der Waals surface area (Å²) in [5, 5.41) is 9.18. The molecule has 2 aliphatic rings. The Bertz CT molecular complexity index is 546. The van der Waals surface area contributed by atoms with Crippen molar-refractivity contribution in [2.24, 2.45) is 5.92 Å². The Balaban J connectivity index is 1.80. The topological polar surface area (TPSA) is 65.0 Å². The first-order chi connectivity index (χ1) is 11.2. The van der Waals surface area contributed by atoms with Gasteiger partial charge in [-0.05, 0) is 55.2 Å². The van der Waals surface area contributed by atoms with Gasteiger partial charge in [0.05, 0.1) is 20.1 Å². The molecule has 0 radical (unpaired) electrons. The molecule has 2 fully saturated rings. The Morgan fingerprint density at radius 2 is 2.17 bits per heavy atom. The number of rotatable bonds is 7. The van der Waals surface area contributed by atoms with Crippen LogP contribution in [0.1, 0.15) is 43.6 Å². The first-order valence-electron chi connectivity index (χ1n) is 8.31. The lowest BCUT2D eigenvalue weighted by molar-refractivity contribution is -0.137. The van der Waals surface area contributed by atoms with Crippen molar-refractivity contribution < 1.29 is 24.1 Å². The molecule has 1 aliphatic carbocycles. The van der Waals surface area contributed by atoms with Gasteiger partial charge in [-0.2, -0.15) is 0 Å². The third-order valence-electron chi connectivity index (χ3n) is 4.61. The quantitative estimate of drug-likeness (QED) is 0.835. The highest BCUT2D eigenvalue weighted by atomic mass is 16.5. The van der Waals surface area contributed by atoms with Gasteiger partial charge < -0.3 is 19.3 Å². The summed E-state index contributed by atoms with van der Waals surface area (Å²) in [6.45, 7) is 1.38. The molecule has 1 aromatic carbocycles. The van der Waals surface area contributed by atoms with Gasteiger partial charge in [0.2, 0.25) is 0 Å². The fraction of sp³-hybridized carbons (Fsp3) is 0.611. The Morgan fingerprint density at radius 1 is 1.35 bits per heavy atom. The summed E-state index contributed by atoms with van der Waals surface area (Å²) in [5.74, 6) is 1.16. The minimum atomic E-state index is -0.749. The van der Waals surface area contributed by atoms with E-state index in [1.807, 2.05) is 18.2 Å². The van der Waals surface area contributed by atoms with Gasteiger partial charge in [0.1, 0.15) is 6.10 Å². The molecule has 126 valence electrons. The molecule has 5 nitrogen and oxygen atoms in total. The Morgan fingerprint density at radius 3 is 2.78 bits per heavy atom. The SMILES string of the molecule is COc1ccc(C(CC(=O)O)C2CC2)cc1OC1CCCOC1. The van der Waals surface area contributed by atoms with Crippen molar-refractivity contribution in [3.8, 4) is 11.5 Å². The van der Waals surface area contributed by atoms with Crippen molar-refractivity contribution in [2.45, 2.75) is 44.1 Å². The maximum atomic E-state index is 11.2. The van der Waals surface area contributed by atoms with E-state index in [0.29, 0.717) is 24.0 Å². The van der Waals surface area contributed by atoms with Crippen LogP contribution >= 0.6 is 0 Å². The zero-order valence-electron chi connectivity index (χ0n) is 13.5. The minimum Gasteiger partial charge on any atom is -0.493 e. The second kappa shape index (κ2) is 7.21. The van der Waals surface area contributed by atoms with Crippen molar-refractivity contribution in [3.63, 3.8) is 0 Å². The molecule has 2 unspecified atom stereocenters. The lowest BCUT2D eigenvalue weighted by Crippen LogP contribution is -2.28. The van der Waals surface area contributed by atoms with Gasteiger partial charge in [-0.1, -0.05) is 6.07 Å². The number of carboxylic acid groups (broad SMARTS) is 1. The highest BCUT2D eigenvalue weighted by Crippen LogP contribution is 2.46. The van der Waals surface area contributed by atoms with Crippen LogP contribution < -0.4 is 9.47 Å². The number of carbonyl (C=O) groups is 1. The van der Waals surface area contributed by atoms with Gasteiger partial charge in [-0.15, -0.1) is 0 Å². The fourth-order valence-corrected chi connectivity index (χ4v) is 3.24.